The zero-order chi connectivity index (χ0) is 18.6. The van der Waals surface area contributed by atoms with E-state index < -0.39 is 9.84 Å². The molecule has 26 heavy (non-hydrogen) atoms. The Bertz CT molecular complexity index is 951. The monoisotopic (exact) mass is 375 g/mol. The van der Waals surface area contributed by atoms with Crippen molar-refractivity contribution in [2.45, 2.75) is 52.0 Å². The maximum Gasteiger partial charge on any atom is 0.171 e. The van der Waals surface area contributed by atoms with Crippen LogP contribution in [0.25, 0.3) is 0 Å². The molecular weight excluding hydrogens is 350 g/mol. The average Bonchev–Trinajstić information content (AvgIpc) is 3.26. The molecule has 2 fully saturated rings. The van der Waals surface area contributed by atoms with Crippen LogP contribution in [0.2, 0.25) is 0 Å². The van der Waals surface area contributed by atoms with Crippen LogP contribution in [0.5, 0.6) is 11.5 Å². The van der Waals surface area contributed by atoms with E-state index in [9.17, 15) is 8.42 Å². The van der Waals surface area contributed by atoms with Gasteiger partial charge in [-0.1, -0.05) is 0 Å². The summed E-state index contributed by atoms with van der Waals surface area (Å²) in [5.41, 5.74) is 10.7. The van der Waals surface area contributed by atoms with E-state index in [1.165, 1.54) is 0 Å². The molecule has 1 saturated carbocycles. The number of hydrogen-bond donors (Lipinski definition) is 1. The van der Waals surface area contributed by atoms with E-state index in [2.05, 4.69) is 5.10 Å². The summed E-state index contributed by atoms with van der Waals surface area (Å²) >= 11 is 0. The van der Waals surface area contributed by atoms with E-state index in [4.69, 9.17) is 10.5 Å². The molecule has 6 nitrogen and oxygen atoms in total. The maximum atomic E-state index is 11.9. The van der Waals surface area contributed by atoms with Crippen LogP contribution < -0.4 is 10.5 Å². The molecule has 1 aliphatic carbocycles. The number of sulfone groups is 1. The lowest BCUT2D eigenvalue weighted by Gasteiger charge is -2.15. The fourth-order valence-electron chi connectivity index (χ4n) is 3.76. The Morgan fingerprint density at radius 1 is 1.15 bits per heavy atom. The van der Waals surface area contributed by atoms with Gasteiger partial charge in [-0.05, 0) is 63.3 Å². The number of rotatable bonds is 4. The van der Waals surface area contributed by atoms with Gasteiger partial charge < -0.3 is 10.5 Å². The van der Waals surface area contributed by atoms with Crippen LogP contribution in [0.3, 0.4) is 0 Å². The highest BCUT2D eigenvalue weighted by atomic mass is 32.2. The molecule has 0 amide bonds. The Kier molecular flexibility index (Phi) is 4.02. The van der Waals surface area contributed by atoms with Crippen LogP contribution in [0.1, 0.15) is 53.7 Å². The normalized spacial score (nSPS) is 21.9. The standard InChI is InChI=1S/C19H25N3O3S/c1-11-8-16(9-12(2)17(11)20)25-19-13(3)21-22(18(19)14-4-5-14)15-6-7-26(23,24)10-15/h8-9,14-15H,4-7,10,20H2,1-3H3. The van der Waals surface area contributed by atoms with Crippen LogP contribution >= 0.6 is 0 Å². The zero-order valence-electron chi connectivity index (χ0n) is 15.4. The summed E-state index contributed by atoms with van der Waals surface area (Å²) in [4.78, 5) is 0. The van der Waals surface area contributed by atoms with Crippen molar-refractivity contribution in [3.8, 4) is 11.5 Å². The SMILES string of the molecule is Cc1cc(Oc2c(C)nn(C3CCS(=O)(=O)C3)c2C2CC2)cc(C)c1N. The van der Waals surface area contributed by atoms with Gasteiger partial charge in [-0.2, -0.15) is 5.10 Å². The van der Waals surface area contributed by atoms with Gasteiger partial charge in [0.2, 0.25) is 0 Å². The Morgan fingerprint density at radius 3 is 2.35 bits per heavy atom. The summed E-state index contributed by atoms with van der Waals surface area (Å²) in [7, 11) is -2.96. The van der Waals surface area contributed by atoms with E-state index in [1.807, 2.05) is 37.6 Å². The van der Waals surface area contributed by atoms with Gasteiger partial charge in [0, 0.05) is 11.6 Å². The molecule has 1 aromatic heterocycles. The number of benzene rings is 1. The fraction of sp³-hybridized carbons (Fsp3) is 0.526. The molecule has 4 rings (SSSR count). The molecule has 7 heteroatoms. The molecule has 1 atom stereocenters. The summed E-state index contributed by atoms with van der Waals surface area (Å²) in [5.74, 6) is 2.35. The molecule has 0 bridgehead atoms. The average molecular weight is 375 g/mol. The minimum Gasteiger partial charge on any atom is -0.453 e. The van der Waals surface area contributed by atoms with Gasteiger partial charge in [-0.25, -0.2) is 8.42 Å². The lowest BCUT2D eigenvalue weighted by molar-refractivity contribution is 0.452. The summed E-state index contributed by atoms with van der Waals surface area (Å²) < 4.78 is 32.0. The Hall–Kier alpha value is -2.02. The number of nitrogens with zero attached hydrogens (tertiary/aromatic N) is 2. The number of aromatic nitrogens is 2. The number of nitrogens with two attached hydrogens (primary N) is 1. The third-order valence-electron chi connectivity index (χ3n) is 5.37. The van der Waals surface area contributed by atoms with Crippen molar-refractivity contribution >= 4 is 15.5 Å². The highest BCUT2D eigenvalue weighted by Gasteiger charge is 2.38. The van der Waals surface area contributed by atoms with Crippen molar-refractivity contribution in [1.82, 2.24) is 9.78 Å². The lowest BCUT2D eigenvalue weighted by atomic mass is 10.1. The van der Waals surface area contributed by atoms with Crippen molar-refractivity contribution in [3.05, 3.63) is 34.6 Å². The topological polar surface area (TPSA) is 87.2 Å². The molecule has 2 heterocycles. The van der Waals surface area contributed by atoms with Crippen molar-refractivity contribution < 1.29 is 13.2 Å². The highest BCUT2D eigenvalue weighted by molar-refractivity contribution is 7.91. The third kappa shape index (κ3) is 3.09. The molecule has 1 aromatic carbocycles. The first-order valence-electron chi connectivity index (χ1n) is 9.09. The van der Waals surface area contributed by atoms with Crippen LogP contribution in [-0.2, 0) is 9.84 Å². The Labute approximate surface area is 154 Å². The van der Waals surface area contributed by atoms with Gasteiger partial charge >= 0.3 is 0 Å². The first-order valence-corrected chi connectivity index (χ1v) is 10.9. The zero-order valence-corrected chi connectivity index (χ0v) is 16.3. The van der Waals surface area contributed by atoms with Gasteiger partial charge in [0.05, 0.1) is 23.2 Å². The number of anilines is 1. The van der Waals surface area contributed by atoms with E-state index in [0.29, 0.717) is 12.3 Å². The minimum atomic E-state index is -2.96. The highest BCUT2D eigenvalue weighted by Crippen LogP contribution is 2.48. The van der Waals surface area contributed by atoms with Gasteiger partial charge in [0.1, 0.15) is 11.4 Å². The number of hydrogen-bond acceptors (Lipinski definition) is 5. The molecule has 0 radical (unpaired) electrons. The first kappa shape index (κ1) is 17.4. The van der Waals surface area contributed by atoms with Crippen molar-refractivity contribution in [2.75, 3.05) is 17.2 Å². The predicted octanol–water partition coefficient (Wildman–Crippen LogP) is 3.42. The number of aryl methyl sites for hydroxylation is 3. The second-order valence-electron chi connectivity index (χ2n) is 7.65. The molecular formula is C19H25N3O3S. The van der Waals surface area contributed by atoms with Crippen LogP contribution in [0.4, 0.5) is 5.69 Å². The largest absolute Gasteiger partial charge is 0.453 e. The summed E-state index contributed by atoms with van der Waals surface area (Å²) in [6, 6.07) is 3.80. The molecule has 1 saturated heterocycles. The third-order valence-corrected chi connectivity index (χ3v) is 7.12. The second kappa shape index (κ2) is 6.01. The predicted molar refractivity (Wildman–Crippen MR) is 102 cm³/mol. The second-order valence-corrected chi connectivity index (χ2v) is 9.88. The number of ether oxygens (including phenoxy) is 1. The molecule has 140 valence electrons. The Balaban J connectivity index is 1.73. The smallest absolute Gasteiger partial charge is 0.171 e. The minimum absolute atomic E-state index is 0.0819. The van der Waals surface area contributed by atoms with Gasteiger partial charge in [0.15, 0.2) is 15.6 Å². The molecule has 1 aliphatic heterocycles. The van der Waals surface area contributed by atoms with Crippen molar-refractivity contribution in [2.24, 2.45) is 0 Å². The van der Waals surface area contributed by atoms with E-state index in [0.717, 1.165) is 52.5 Å². The molecule has 2 aliphatic rings. The Morgan fingerprint density at radius 2 is 1.81 bits per heavy atom. The maximum absolute atomic E-state index is 11.9. The summed E-state index contributed by atoms with van der Waals surface area (Å²) in [6.07, 6.45) is 2.82. The van der Waals surface area contributed by atoms with Gasteiger partial charge in [-0.15, -0.1) is 0 Å². The molecule has 2 N–H and O–H groups in total. The first-order chi connectivity index (χ1) is 12.2. The number of nitrogen functional groups attached to an aromatic ring is 1. The van der Waals surface area contributed by atoms with Gasteiger partial charge in [-0.3, -0.25) is 4.68 Å². The fourth-order valence-corrected chi connectivity index (χ4v) is 5.46. The molecule has 2 aromatic rings. The van der Waals surface area contributed by atoms with E-state index in [-0.39, 0.29) is 17.5 Å². The van der Waals surface area contributed by atoms with Crippen LogP contribution in [0.15, 0.2) is 12.1 Å². The lowest BCUT2D eigenvalue weighted by Crippen LogP contribution is -2.15. The van der Waals surface area contributed by atoms with Crippen LogP contribution in [0, 0.1) is 20.8 Å². The molecule has 1 unspecified atom stereocenters. The molecule has 0 spiro atoms. The van der Waals surface area contributed by atoms with E-state index in [1.54, 1.807) is 0 Å². The summed E-state index contributed by atoms with van der Waals surface area (Å²) in [6.45, 7) is 5.87. The van der Waals surface area contributed by atoms with Crippen molar-refractivity contribution in [3.63, 3.8) is 0 Å². The summed E-state index contributed by atoms with van der Waals surface area (Å²) in [5, 5.41) is 4.68. The quantitative estimate of drug-likeness (QED) is 0.828. The van der Waals surface area contributed by atoms with Gasteiger partial charge in [0.25, 0.3) is 0 Å². The van der Waals surface area contributed by atoms with Crippen LogP contribution in [-0.4, -0.2) is 29.7 Å². The van der Waals surface area contributed by atoms with E-state index >= 15 is 0 Å². The van der Waals surface area contributed by atoms with Crippen molar-refractivity contribution in [1.29, 1.82) is 0 Å².